The van der Waals surface area contributed by atoms with Crippen LogP contribution in [0, 0.1) is 0 Å². The van der Waals surface area contributed by atoms with Crippen LogP contribution in [-0.4, -0.2) is 58.1 Å². The van der Waals surface area contributed by atoms with Crippen LogP contribution in [0.3, 0.4) is 0 Å². The highest BCUT2D eigenvalue weighted by atomic mass is 19.4. The van der Waals surface area contributed by atoms with Gasteiger partial charge < -0.3 is 14.8 Å². The van der Waals surface area contributed by atoms with E-state index in [4.69, 9.17) is 0 Å². The first kappa shape index (κ1) is 18.5. The summed E-state index contributed by atoms with van der Waals surface area (Å²) in [7, 11) is 1.46. The normalized spacial score (nSPS) is 18.0. The number of aromatic amines is 1. The quantitative estimate of drug-likeness (QED) is 0.742. The molecule has 1 fully saturated rings. The fourth-order valence-electron chi connectivity index (χ4n) is 3.89. The molecule has 3 aromatic heterocycles. The maximum Gasteiger partial charge on any atom is 0.397 e. The first-order valence-corrected chi connectivity index (χ1v) is 9.10. The molecule has 4 heterocycles. The van der Waals surface area contributed by atoms with Crippen molar-refractivity contribution in [1.29, 1.82) is 0 Å². The van der Waals surface area contributed by atoms with E-state index in [1.807, 2.05) is 12.3 Å². The molecule has 0 spiro atoms. The van der Waals surface area contributed by atoms with Crippen LogP contribution in [0.4, 0.5) is 18.9 Å². The highest BCUT2D eigenvalue weighted by Crippen LogP contribution is 2.33. The lowest BCUT2D eigenvalue weighted by Gasteiger charge is -2.39. The average Bonchev–Trinajstić information content (AvgIpc) is 3.14. The van der Waals surface area contributed by atoms with Gasteiger partial charge >= 0.3 is 6.18 Å². The van der Waals surface area contributed by atoms with Crippen LogP contribution >= 0.6 is 0 Å². The van der Waals surface area contributed by atoms with E-state index in [2.05, 4.69) is 19.9 Å². The zero-order chi connectivity index (χ0) is 19.9. The van der Waals surface area contributed by atoms with Gasteiger partial charge in [-0.2, -0.15) is 13.2 Å². The number of likely N-dealkylation sites (N-methyl/N-ethyl adjacent to an activating group) is 1. The van der Waals surface area contributed by atoms with Crippen molar-refractivity contribution in [2.75, 3.05) is 25.0 Å². The molecule has 1 saturated heterocycles. The summed E-state index contributed by atoms with van der Waals surface area (Å²) >= 11 is 0. The van der Waals surface area contributed by atoms with Crippen LogP contribution in [0.15, 0.2) is 30.9 Å². The number of H-pyrrole nitrogens is 1. The average molecular weight is 391 g/mol. The Morgan fingerprint density at radius 3 is 2.96 bits per heavy atom. The summed E-state index contributed by atoms with van der Waals surface area (Å²) in [5.41, 5.74) is 1.68. The number of nitrogens with zero attached hydrogens (tertiary/aromatic N) is 4. The molecular formula is C19H20F3N5O. The van der Waals surface area contributed by atoms with Gasteiger partial charge in [-0.25, -0.2) is 4.98 Å². The van der Waals surface area contributed by atoms with Crippen molar-refractivity contribution in [3.63, 3.8) is 0 Å². The van der Waals surface area contributed by atoms with Crippen LogP contribution < -0.4 is 4.90 Å². The van der Waals surface area contributed by atoms with E-state index in [1.165, 1.54) is 11.9 Å². The third-order valence-electron chi connectivity index (χ3n) is 5.31. The molecule has 6 nitrogen and oxygen atoms in total. The molecule has 28 heavy (non-hydrogen) atoms. The Hall–Kier alpha value is -2.84. The summed E-state index contributed by atoms with van der Waals surface area (Å²) in [6.07, 6.45) is 2.64. The minimum absolute atomic E-state index is 0.276. The van der Waals surface area contributed by atoms with Gasteiger partial charge in [0.1, 0.15) is 12.1 Å². The molecule has 3 aromatic rings. The van der Waals surface area contributed by atoms with Crippen molar-refractivity contribution < 1.29 is 18.0 Å². The maximum absolute atomic E-state index is 12.6. The zero-order valence-corrected chi connectivity index (χ0v) is 15.3. The Balaban J connectivity index is 1.63. The van der Waals surface area contributed by atoms with Gasteiger partial charge in [0.15, 0.2) is 0 Å². The topological polar surface area (TPSA) is 65.1 Å². The minimum Gasteiger partial charge on any atom is -0.368 e. The SMILES string of the molecule is CN(C(=O)CC(F)(F)F)C1CCCN(c2cncc3cnc4[nH]ccc4c23)C1. The van der Waals surface area contributed by atoms with Crippen LogP contribution in [-0.2, 0) is 4.79 Å². The second-order valence-electron chi connectivity index (χ2n) is 7.16. The molecular weight excluding hydrogens is 371 g/mol. The third kappa shape index (κ3) is 3.48. The van der Waals surface area contributed by atoms with E-state index in [0.717, 1.165) is 40.5 Å². The van der Waals surface area contributed by atoms with Crippen LogP contribution in [0.1, 0.15) is 19.3 Å². The van der Waals surface area contributed by atoms with E-state index < -0.39 is 18.5 Å². The van der Waals surface area contributed by atoms with E-state index in [0.29, 0.717) is 13.0 Å². The van der Waals surface area contributed by atoms with Gasteiger partial charge in [0, 0.05) is 60.9 Å². The Bertz CT molecular complexity index is 1020. The molecule has 9 heteroatoms. The predicted octanol–water partition coefficient (Wildman–Crippen LogP) is 3.49. The Morgan fingerprint density at radius 1 is 1.36 bits per heavy atom. The summed E-state index contributed by atoms with van der Waals surface area (Å²) in [4.78, 5) is 27.2. The molecule has 1 unspecified atom stereocenters. The smallest absolute Gasteiger partial charge is 0.368 e. The van der Waals surface area contributed by atoms with Crippen molar-refractivity contribution in [2.24, 2.45) is 0 Å². The lowest BCUT2D eigenvalue weighted by atomic mass is 10.0. The van der Waals surface area contributed by atoms with Crippen molar-refractivity contribution in [2.45, 2.75) is 31.5 Å². The van der Waals surface area contributed by atoms with E-state index >= 15 is 0 Å². The number of piperidine rings is 1. The number of carbonyl (C=O) groups excluding carboxylic acids is 1. The van der Waals surface area contributed by atoms with Crippen molar-refractivity contribution >= 4 is 33.4 Å². The van der Waals surface area contributed by atoms with Gasteiger partial charge in [-0.1, -0.05) is 0 Å². The molecule has 0 radical (unpaired) electrons. The molecule has 0 bridgehead atoms. The summed E-state index contributed by atoms with van der Waals surface area (Å²) in [5, 5.41) is 2.87. The monoisotopic (exact) mass is 391 g/mol. The van der Waals surface area contributed by atoms with Gasteiger partial charge in [0.2, 0.25) is 5.91 Å². The van der Waals surface area contributed by atoms with Crippen molar-refractivity contribution in [3.05, 3.63) is 30.9 Å². The largest absolute Gasteiger partial charge is 0.397 e. The highest BCUT2D eigenvalue weighted by Gasteiger charge is 2.35. The Morgan fingerprint density at radius 2 is 2.18 bits per heavy atom. The van der Waals surface area contributed by atoms with Crippen LogP contribution in [0.25, 0.3) is 21.8 Å². The number of hydrogen-bond donors (Lipinski definition) is 1. The summed E-state index contributed by atoms with van der Waals surface area (Å²) < 4.78 is 37.8. The number of hydrogen-bond acceptors (Lipinski definition) is 4. The predicted molar refractivity (Wildman–Crippen MR) is 100 cm³/mol. The van der Waals surface area contributed by atoms with Crippen molar-refractivity contribution in [3.8, 4) is 0 Å². The highest BCUT2D eigenvalue weighted by molar-refractivity contribution is 6.10. The molecule has 1 aliphatic rings. The number of rotatable bonds is 3. The number of aromatic nitrogens is 3. The number of amides is 1. The van der Waals surface area contributed by atoms with Gasteiger partial charge in [0.25, 0.3) is 0 Å². The van der Waals surface area contributed by atoms with Gasteiger partial charge in [-0.3, -0.25) is 9.78 Å². The first-order chi connectivity index (χ1) is 13.3. The second-order valence-corrected chi connectivity index (χ2v) is 7.16. The number of pyridine rings is 2. The standard InChI is InChI=1S/C19H20F3N5O/c1-26(16(28)7-19(20,21)22)13-3-2-6-27(11-13)15-10-23-8-12-9-25-18-14(17(12)15)4-5-24-18/h4-5,8-10,13H,2-3,6-7,11H2,1H3,(H,24,25). The number of alkyl halides is 3. The molecule has 1 N–H and O–H groups in total. The number of anilines is 1. The van der Waals surface area contributed by atoms with Gasteiger partial charge in [-0.15, -0.1) is 0 Å². The fraction of sp³-hybridized carbons (Fsp3) is 0.421. The lowest BCUT2D eigenvalue weighted by molar-refractivity contribution is -0.162. The molecule has 1 atom stereocenters. The maximum atomic E-state index is 12.6. The second kappa shape index (κ2) is 6.96. The van der Waals surface area contributed by atoms with E-state index in [9.17, 15) is 18.0 Å². The Labute approximate surface area is 159 Å². The molecule has 1 amide bonds. The molecule has 4 rings (SSSR count). The van der Waals surface area contributed by atoms with Crippen LogP contribution in [0.2, 0.25) is 0 Å². The fourth-order valence-corrected chi connectivity index (χ4v) is 3.89. The van der Waals surface area contributed by atoms with E-state index in [-0.39, 0.29) is 6.04 Å². The first-order valence-electron chi connectivity index (χ1n) is 9.10. The van der Waals surface area contributed by atoms with Crippen LogP contribution in [0.5, 0.6) is 0 Å². The Kier molecular flexibility index (Phi) is 4.60. The zero-order valence-electron chi connectivity index (χ0n) is 15.3. The summed E-state index contributed by atoms with van der Waals surface area (Å²) in [6, 6.07) is 1.68. The molecule has 0 aliphatic carbocycles. The van der Waals surface area contributed by atoms with Gasteiger partial charge in [-0.05, 0) is 18.9 Å². The molecule has 0 aromatic carbocycles. The van der Waals surface area contributed by atoms with E-state index in [1.54, 1.807) is 18.6 Å². The molecule has 148 valence electrons. The number of fused-ring (bicyclic) bond motifs is 3. The van der Waals surface area contributed by atoms with Crippen molar-refractivity contribution in [1.82, 2.24) is 19.9 Å². The lowest BCUT2D eigenvalue weighted by Crippen LogP contribution is -2.49. The summed E-state index contributed by atoms with van der Waals surface area (Å²) in [6.45, 7) is 1.22. The summed E-state index contributed by atoms with van der Waals surface area (Å²) in [5.74, 6) is -0.896. The number of carbonyl (C=O) groups is 1. The molecule has 0 saturated carbocycles. The number of halogens is 3. The van der Waals surface area contributed by atoms with Gasteiger partial charge in [0.05, 0.1) is 11.9 Å². The number of nitrogens with one attached hydrogen (secondary N) is 1. The minimum atomic E-state index is -4.49. The molecule has 1 aliphatic heterocycles. The third-order valence-corrected chi connectivity index (χ3v) is 5.31.